The second-order valence-corrected chi connectivity index (χ2v) is 8.17. The normalized spacial score (nSPS) is 13.3. The maximum absolute atomic E-state index is 12.9. The van der Waals surface area contributed by atoms with Crippen molar-refractivity contribution < 1.29 is 9.59 Å². The first-order valence-corrected chi connectivity index (χ1v) is 11.3. The van der Waals surface area contributed by atoms with Gasteiger partial charge >= 0.3 is 6.03 Å². The van der Waals surface area contributed by atoms with Crippen LogP contribution in [-0.2, 0) is 0 Å². The second kappa shape index (κ2) is 10.8. The summed E-state index contributed by atoms with van der Waals surface area (Å²) < 4.78 is 0. The van der Waals surface area contributed by atoms with Crippen molar-refractivity contribution in [1.82, 2.24) is 25.1 Å². The third kappa shape index (κ3) is 5.71. The summed E-state index contributed by atoms with van der Waals surface area (Å²) in [6.45, 7) is 5.99. The third-order valence-corrected chi connectivity index (χ3v) is 5.69. The maximum atomic E-state index is 12.9. The van der Waals surface area contributed by atoms with Crippen LogP contribution < -0.4 is 10.6 Å². The molecule has 3 amide bonds. The second-order valence-electron chi connectivity index (χ2n) is 7.73. The van der Waals surface area contributed by atoms with E-state index in [0.717, 1.165) is 16.9 Å². The van der Waals surface area contributed by atoms with Gasteiger partial charge in [0.15, 0.2) is 0 Å². The molecule has 4 rings (SSSR count). The molecule has 1 aliphatic rings. The molecular formula is C25H25ClN6O2. The van der Waals surface area contributed by atoms with Crippen molar-refractivity contribution in [2.45, 2.75) is 0 Å². The molecule has 0 radical (unpaired) electrons. The van der Waals surface area contributed by atoms with Crippen molar-refractivity contribution in [2.24, 2.45) is 0 Å². The number of carbonyl (C=O) groups excluding carboxylic acids is 2. The zero-order chi connectivity index (χ0) is 23.9. The van der Waals surface area contributed by atoms with Gasteiger partial charge in [0, 0.05) is 60.8 Å². The molecule has 0 bridgehead atoms. The lowest BCUT2D eigenvalue weighted by atomic mass is 10.1. The topological polar surface area (TPSA) is 90.5 Å². The first kappa shape index (κ1) is 23.3. The Bertz CT molecular complexity index is 1160. The molecule has 0 aliphatic carbocycles. The highest BCUT2D eigenvalue weighted by atomic mass is 35.5. The summed E-state index contributed by atoms with van der Waals surface area (Å²) in [7, 11) is 0. The van der Waals surface area contributed by atoms with Gasteiger partial charge in [-0.2, -0.15) is 0 Å². The number of nitrogens with one attached hydrogen (secondary N) is 2. The molecule has 0 spiro atoms. The molecule has 174 valence electrons. The van der Waals surface area contributed by atoms with Crippen LogP contribution in [0.3, 0.4) is 0 Å². The van der Waals surface area contributed by atoms with Crippen LogP contribution in [0.25, 0.3) is 11.3 Å². The summed E-state index contributed by atoms with van der Waals surface area (Å²) in [5.41, 5.74) is 3.08. The molecule has 34 heavy (non-hydrogen) atoms. The predicted molar refractivity (Wildman–Crippen MR) is 133 cm³/mol. The molecule has 1 aromatic heterocycles. The van der Waals surface area contributed by atoms with E-state index in [2.05, 4.69) is 27.2 Å². The lowest BCUT2D eigenvalue weighted by Gasteiger charge is -2.34. The monoisotopic (exact) mass is 476 g/mol. The largest absolute Gasteiger partial charge is 0.335 e. The van der Waals surface area contributed by atoms with Crippen molar-refractivity contribution in [2.75, 3.05) is 38.0 Å². The Morgan fingerprint density at radius 1 is 0.971 bits per heavy atom. The zero-order valence-electron chi connectivity index (χ0n) is 18.6. The number of anilines is 2. The molecule has 0 atom stereocenters. The number of halogens is 1. The lowest BCUT2D eigenvalue weighted by molar-refractivity contribution is 0.0665. The quantitative estimate of drug-likeness (QED) is 0.520. The van der Waals surface area contributed by atoms with Gasteiger partial charge in [-0.1, -0.05) is 29.8 Å². The smallest absolute Gasteiger partial charge is 0.317 e. The number of aromatic nitrogens is 2. The van der Waals surface area contributed by atoms with Gasteiger partial charge in [-0.25, -0.2) is 14.8 Å². The van der Waals surface area contributed by atoms with Crippen LogP contribution in [-0.4, -0.2) is 64.4 Å². The predicted octanol–water partition coefficient (Wildman–Crippen LogP) is 4.19. The van der Waals surface area contributed by atoms with Gasteiger partial charge in [0.2, 0.25) is 5.95 Å². The van der Waals surface area contributed by atoms with Crippen LogP contribution in [0.5, 0.6) is 0 Å². The first-order chi connectivity index (χ1) is 16.5. The van der Waals surface area contributed by atoms with Crippen LogP contribution >= 0.6 is 11.6 Å². The molecule has 1 aliphatic heterocycles. The highest BCUT2D eigenvalue weighted by Gasteiger charge is 2.24. The molecule has 9 heteroatoms. The van der Waals surface area contributed by atoms with E-state index >= 15 is 0 Å². The molecule has 2 aromatic carbocycles. The number of piperazine rings is 1. The molecule has 0 unspecified atom stereocenters. The molecule has 8 nitrogen and oxygen atoms in total. The lowest BCUT2D eigenvalue weighted by Crippen LogP contribution is -2.53. The average Bonchev–Trinajstić information content (AvgIpc) is 2.88. The molecule has 1 saturated heterocycles. The fraction of sp³-hybridized carbons (Fsp3) is 0.200. The van der Waals surface area contributed by atoms with E-state index in [1.54, 1.807) is 34.2 Å². The molecule has 2 heterocycles. The SMILES string of the molecule is C=CCNC(=O)N1CCN(C(=O)c2ccc(Nc3nccc(-c4ccc(Cl)cc4)n3)cc2)CC1. The highest BCUT2D eigenvalue weighted by Crippen LogP contribution is 2.22. The summed E-state index contributed by atoms with van der Waals surface area (Å²) in [6.07, 6.45) is 3.33. The van der Waals surface area contributed by atoms with E-state index in [9.17, 15) is 9.59 Å². The van der Waals surface area contributed by atoms with E-state index in [1.807, 2.05) is 42.5 Å². The Balaban J connectivity index is 1.35. The minimum Gasteiger partial charge on any atom is -0.335 e. The first-order valence-electron chi connectivity index (χ1n) is 10.9. The number of hydrogen-bond donors (Lipinski definition) is 2. The van der Waals surface area contributed by atoms with E-state index in [1.165, 1.54) is 0 Å². The van der Waals surface area contributed by atoms with Crippen LogP contribution in [0.15, 0.2) is 73.4 Å². The summed E-state index contributed by atoms with van der Waals surface area (Å²) in [4.78, 5) is 37.2. The summed E-state index contributed by atoms with van der Waals surface area (Å²) in [5.74, 6) is 0.399. The van der Waals surface area contributed by atoms with E-state index < -0.39 is 0 Å². The van der Waals surface area contributed by atoms with Gasteiger partial charge in [0.05, 0.1) is 5.69 Å². The van der Waals surface area contributed by atoms with Crippen LogP contribution in [0.2, 0.25) is 5.02 Å². The van der Waals surface area contributed by atoms with Gasteiger partial charge < -0.3 is 20.4 Å². The minimum absolute atomic E-state index is 0.0568. The summed E-state index contributed by atoms with van der Waals surface area (Å²) in [5, 5.41) is 6.60. The molecular weight excluding hydrogens is 452 g/mol. The van der Waals surface area contributed by atoms with Crippen molar-refractivity contribution in [3.63, 3.8) is 0 Å². The summed E-state index contributed by atoms with van der Waals surface area (Å²) >= 11 is 5.96. The summed E-state index contributed by atoms with van der Waals surface area (Å²) in [6, 6.07) is 16.3. The van der Waals surface area contributed by atoms with Crippen molar-refractivity contribution >= 4 is 35.2 Å². The Hall–Kier alpha value is -3.91. The molecule has 2 N–H and O–H groups in total. The Morgan fingerprint density at radius 3 is 2.32 bits per heavy atom. The van der Waals surface area contributed by atoms with Gasteiger partial charge in [-0.3, -0.25) is 4.79 Å². The average molecular weight is 477 g/mol. The standard InChI is InChI=1S/C25H25ClN6O2/c1-2-12-28-25(34)32-16-14-31(15-17-32)23(33)19-5-9-21(10-6-19)29-24-27-13-11-22(30-24)18-3-7-20(26)8-4-18/h2-11,13H,1,12,14-17H2,(H,28,34)(H,27,29,30). The number of hydrogen-bond acceptors (Lipinski definition) is 5. The molecule has 3 aromatic rings. The third-order valence-electron chi connectivity index (χ3n) is 5.44. The van der Waals surface area contributed by atoms with E-state index in [-0.39, 0.29) is 11.9 Å². The zero-order valence-corrected chi connectivity index (χ0v) is 19.3. The highest BCUT2D eigenvalue weighted by molar-refractivity contribution is 6.30. The van der Waals surface area contributed by atoms with Crippen molar-refractivity contribution in [3.05, 3.63) is 84.0 Å². The number of benzene rings is 2. The Morgan fingerprint density at radius 2 is 1.65 bits per heavy atom. The van der Waals surface area contributed by atoms with E-state index in [4.69, 9.17) is 11.6 Å². The van der Waals surface area contributed by atoms with Gasteiger partial charge in [-0.15, -0.1) is 6.58 Å². The minimum atomic E-state index is -0.134. The number of urea groups is 1. The van der Waals surface area contributed by atoms with Crippen molar-refractivity contribution in [3.8, 4) is 11.3 Å². The van der Waals surface area contributed by atoms with Crippen LogP contribution in [0.4, 0.5) is 16.4 Å². The van der Waals surface area contributed by atoms with Gasteiger partial charge in [0.1, 0.15) is 0 Å². The number of rotatable bonds is 6. The number of nitrogens with zero attached hydrogens (tertiary/aromatic N) is 4. The van der Waals surface area contributed by atoms with Crippen molar-refractivity contribution in [1.29, 1.82) is 0 Å². The maximum Gasteiger partial charge on any atom is 0.317 e. The van der Waals surface area contributed by atoms with E-state index in [0.29, 0.717) is 49.3 Å². The number of amides is 3. The van der Waals surface area contributed by atoms with Crippen LogP contribution in [0, 0.1) is 0 Å². The fourth-order valence-electron chi connectivity index (χ4n) is 3.59. The Labute approximate surface area is 203 Å². The Kier molecular flexibility index (Phi) is 7.39. The number of carbonyl (C=O) groups is 2. The molecule has 0 saturated carbocycles. The van der Waals surface area contributed by atoms with Gasteiger partial charge in [0.25, 0.3) is 5.91 Å². The van der Waals surface area contributed by atoms with Gasteiger partial charge in [-0.05, 0) is 42.5 Å². The molecule has 1 fully saturated rings. The fourth-order valence-corrected chi connectivity index (χ4v) is 3.72. The van der Waals surface area contributed by atoms with Crippen LogP contribution in [0.1, 0.15) is 10.4 Å².